The molecule has 0 aliphatic rings. The average Bonchev–Trinajstić information content (AvgIpc) is 1.95. The van der Waals surface area contributed by atoms with E-state index >= 15 is 0 Å². The summed E-state index contributed by atoms with van der Waals surface area (Å²) in [5.41, 5.74) is 2.66. The summed E-state index contributed by atoms with van der Waals surface area (Å²) in [7, 11) is 1.96. The van der Waals surface area contributed by atoms with Crippen LogP contribution in [0.5, 0.6) is 0 Å². The largest absolute Gasteiger partial charge is 0.358 e. The molecule has 1 aromatic carbocycles. The molecule has 52 valence electrons. The van der Waals surface area contributed by atoms with Gasteiger partial charge in [-0.15, -0.1) is 0 Å². The fourth-order valence-electron chi connectivity index (χ4n) is 0.910. The zero-order chi connectivity index (χ0) is 7.40. The standard InChI is InChI=1S/C8H12BN/c1-7-2-4-8(5-3-7)6-10-9/h2-5,10H,6,9H2,1H3. The van der Waals surface area contributed by atoms with E-state index in [1.807, 2.05) is 7.98 Å². The number of benzene rings is 1. The van der Waals surface area contributed by atoms with Crippen molar-refractivity contribution in [3.05, 3.63) is 35.4 Å². The lowest BCUT2D eigenvalue weighted by molar-refractivity contribution is 0.961. The molecule has 0 unspecified atom stereocenters. The van der Waals surface area contributed by atoms with Gasteiger partial charge in [-0.3, -0.25) is 0 Å². The van der Waals surface area contributed by atoms with Crippen molar-refractivity contribution >= 4 is 7.98 Å². The number of rotatable bonds is 2. The van der Waals surface area contributed by atoms with Crippen molar-refractivity contribution in [1.82, 2.24) is 5.23 Å². The summed E-state index contributed by atoms with van der Waals surface area (Å²) in [4.78, 5) is 0. The van der Waals surface area contributed by atoms with Crippen LogP contribution in [0, 0.1) is 6.92 Å². The Balaban J connectivity index is 2.69. The normalized spacial score (nSPS) is 9.70. The highest BCUT2D eigenvalue weighted by atomic mass is 14.7. The second-order valence-electron chi connectivity index (χ2n) is 2.52. The average molecular weight is 133 g/mol. The third kappa shape index (κ3) is 1.88. The maximum Gasteiger partial charge on any atom is 0.182 e. The molecule has 1 aromatic rings. The molecule has 1 N–H and O–H groups in total. The molecule has 2 heteroatoms. The number of aryl methyl sites for hydroxylation is 1. The van der Waals surface area contributed by atoms with Crippen molar-refractivity contribution in [3.63, 3.8) is 0 Å². The minimum Gasteiger partial charge on any atom is -0.358 e. The quantitative estimate of drug-likeness (QED) is 0.583. The molecule has 0 radical (unpaired) electrons. The van der Waals surface area contributed by atoms with Crippen LogP contribution >= 0.6 is 0 Å². The molecule has 0 atom stereocenters. The Morgan fingerprint density at radius 3 is 2.40 bits per heavy atom. The number of hydrogen-bond acceptors (Lipinski definition) is 1. The van der Waals surface area contributed by atoms with Gasteiger partial charge in [0.2, 0.25) is 0 Å². The van der Waals surface area contributed by atoms with Crippen LogP contribution < -0.4 is 5.23 Å². The van der Waals surface area contributed by atoms with Crippen LogP contribution in [-0.2, 0) is 6.54 Å². The Morgan fingerprint density at radius 1 is 1.30 bits per heavy atom. The number of nitrogens with one attached hydrogen (secondary N) is 1. The van der Waals surface area contributed by atoms with Gasteiger partial charge >= 0.3 is 0 Å². The van der Waals surface area contributed by atoms with Gasteiger partial charge in [0.15, 0.2) is 7.98 Å². The van der Waals surface area contributed by atoms with E-state index < -0.39 is 0 Å². The van der Waals surface area contributed by atoms with Crippen LogP contribution in [-0.4, -0.2) is 7.98 Å². The van der Waals surface area contributed by atoms with Crippen molar-refractivity contribution in [2.24, 2.45) is 0 Å². The lowest BCUT2D eigenvalue weighted by Crippen LogP contribution is -2.06. The van der Waals surface area contributed by atoms with E-state index in [2.05, 4.69) is 36.4 Å². The summed E-state index contributed by atoms with van der Waals surface area (Å²) < 4.78 is 0. The lowest BCUT2D eigenvalue weighted by Gasteiger charge is -1.98. The first kappa shape index (κ1) is 7.35. The molecular formula is C8H12BN. The first-order valence-corrected chi connectivity index (χ1v) is 3.53. The molecule has 0 bridgehead atoms. The van der Waals surface area contributed by atoms with E-state index in [1.54, 1.807) is 0 Å². The topological polar surface area (TPSA) is 12.0 Å². The predicted octanol–water partition coefficient (Wildman–Crippen LogP) is 0.633. The molecule has 0 aromatic heterocycles. The summed E-state index contributed by atoms with van der Waals surface area (Å²) >= 11 is 0. The van der Waals surface area contributed by atoms with E-state index in [9.17, 15) is 0 Å². The van der Waals surface area contributed by atoms with E-state index in [-0.39, 0.29) is 0 Å². The molecular weight excluding hydrogens is 121 g/mol. The van der Waals surface area contributed by atoms with Crippen LogP contribution in [0.4, 0.5) is 0 Å². The minimum atomic E-state index is 0.959. The van der Waals surface area contributed by atoms with E-state index in [1.165, 1.54) is 11.1 Å². The molecule has 0 aliphatic heterocycles. The highest BCUT2D eigenvalue weighted by Crippen LogP contribution is 2.01. The zero-order valence-electron chi connectivity index (χ0n) is 6.52. The van der Waals surface area contributed by atoms with Crippen molar-refractivity contribution in [2.75, 3.05) is 0 Å². The van der Waals surface area contributed by atoms with Crippen molar-refractivity contribution in [3.8, 4) is 0 Å². The summed E-state index contributed by atoms with van der Waals surface area (Å²) in [6, 6.07) is 8.55. The Labute approximate surface area is 62.9 Å². The van der Waals surface area contributed by atoms with Crippen molar-refractivity contribution < 1.29 is 0 Å². The summed E-state index contributed by atoms with van der Waals surface area (Å²) in [6.07, 6.45) is 0. The van der Waals surface area contributed by atoms with Gasteiger partial charge in [-0.1, -0.05) is 29.8 Å². The minimum absolute atomic E-state index is 0.959. The van der Waals surface area contributed by atoms with Gasteiger partial charge in [0.1, 0.15) is 0 Å². The zero-order valence-corrected chi connectivity index (χ0v) is 6.52. The van der Waals surface area contributed by atoms with Crippen LogP contribution in [0.2, 0.25) is 0 Å². The molecule has 0 heterocycles. The molecule has 0 fully saturated rings. The highest BCUT2D eigenvalue weighted by Gasteiger charge is 1.87. The van der Waals surface area contributed by atoms with Gasteiger partial charge in [0, 0.05) is 6.54 Å². The SMILES string of the molecule is BNCc1ccc(C)cc1. The second kappa shape index (κ2) is 3.42. The van der Waals surface area contributed by atoms with Gasteiger partial charge < -0.3 is 5.23 Å². The third-order valence-corrected chi connectivity index (χ3v) is 1.50. The molecule has 0 saturated carbocycles. The van der Waals surface area contributed by atoms with E-state index in [0.717, 1.165) is 6.54 Å². The summed E-state index contributed by atoms with van der Waals surface area (Å²) in [5.74, 6) is 0. The first-order chi connectivity index (χ1) is 4.83. The fraction of sp³-hybridized carbons (Fsp3) is 0.250. The van der Waals surface area contributed by atoms with Gasteiger partial charge in [-0.2, -0.15) is 0 Å². The Hall–Kier alpha value is -0.755. The Morgan fingerprint density at radius 2 is 1.90 bits per heavy atom. The summed E-state index contributed by atoms with van der Waals surface area (Å²) in [6.45, 7) is 3.06. The molecule has 1 rings (SSSR count). The highest BCUT2D eigenvalue weighted by molar-refractivity contribution is 6.04. The second-order valence-corrected chi connectivity index (χ2v) is 2.52. The maximum atomic E-state index is 3.10. The smallest absolute Gasteiger partial charge is 0.182 e. The van der Waals surface area contributed by atoms with Crippen LogP contribution in [0.1, 0.15) is 11.1 Å². The Kier molecular flexibility index (Phi) is 2.52. The predicted molar refractivity (Wildman–Crippen MR) is 46.6 cm³/mol. The third-order valence-electron chi connectivity index (χ3n) is 1.50. The molecule has 1 nitrogen and oxygen atoms in total. The van der Waals surface area contributed by atoms with Crippen molar-refractivity contribution in [1.29, 1.82) is 0 Å². The molecule has 0 amide bonds. The van der Waals surface area contributed by atoms with Gasteiger partial charge in [-0.05, 0) is 12.5 Å². The molecule has 0 aliphatic carbocycles. The van der Waals surface area contributed by atoms with Crippen LogP contribution in [0.25, 0.3) is 0 Å². The van der Waals surface area contributed by atoms with Gasteiger partial charge in [0.25, 0.3) is 0 Å². The molecule has 0 saturated heterocycles. The first-order valence-electron chi connectivity index (χ1n) is 3.53. The van der Waals surface area contributed by atoms with Crippen LogP contribution in [0.3, 0.4) is 0 Å². The fourth-order valence-corrected chi connectivity index (χ4v) is 0.910. The lowest BCUT2D eigenvalue weighted by atomic mass is 10.1. The molecule has 10 heavy (non-hydrogen) atoms. The van der Waals surface area contributed by atoms with Crippen molar-refractivity contribution in [2.45, 2.75) is 13.5 Å². The van der Waals surface area contributed by atoms with E-state index in [0.29, 0.717) is 0 Å². The summed E-state index contributed by atoms with van der Waals surface area (Å²) in [5, 5.41) is 3.10. The molecule has 0 spiro atoms. The van der Waals surface area contributed by atoms with Gasteiger partial charge in [0.05, 0.1) is 0 Å². The van der Waals surface area contributed by atoms with Crippen LogP contribution in [0.15, 0.2) is 24.3 Å². The van der Waals surface area contributed by atoms with E-state index in [4.69, 9.17) is 0 Å². The Bertz CT molecular complexity index is 193. The monoisotopic (exact) mass is 133 g/mol. The maximum absolute atomic E-state index is 3.10. The number of hydrogen-bond donors (Lipinski definition) is 1. The van der Waals surface area contributed by atoms with Gasteiger partial charge in [-0.25, -0.2) is 0 Å².